The van der Waals surface area contributed by atoms with E-state index in [2.05, 4.69) is 47.3 Å². The number of hydrogen-bond donors (Lipinski definition) is 0. The van der Waals surface area contributed by atoms with E-state index >= 15 is 0 Å². The fourth-order valence-electron chi connectivity index (χ4n) is 2.29. The first-order valence-corrected chi connectivity index (χ1v) is 10.5. The van der Waals surface area contributed by atoms with Gasteiger partial charge in [0, 0.05) is 17.0 Å². The Labute approximate surface area is 130 Å². The summed E-state index contributed by atoms with van der Waals surface area (Å²) in [7, 11) is 4.18. The van der Waals surface area contributed by atoms with Crippen molar-refractivity contribution >= 4 is 21.6 Å². The van der Waals surface area contributed by atoms with Gasteiger partial charge >= 0.3 is 0 Å². The topological polar surface area (TPSA) is 3.24 Å². The van der Waals surface area contributed by atoms with Crippen molar-refractivity contribution in [1.82, 2.24) is 4.90 Å². The summed E-state index contributed by atoms with van der Waals surface area (Å²) in [6, 6.07) is 0. The Balaban J connectivity index is 0.00000154. The largest absolute Gasteiger partial charge is 0.302 e. The Bertz CT molecular complexity index is 189. The first-order chi connectivity index (χ1) is 9.14. The number of rotatable bonds is 8. The molecule has 0 atom stereocenters. The van der Waals surface area contributed by atoms with Crippen LogP contribution in [0.15, 0.2) is 0 Å². The molecule has 0 N–H and O–H groups in total. The van der Waals surface area contributed by atoms with Crippen LogP contribution >= 0.6 is 21.6 Å². The van der Waals surface area contributed by atoms with Gasteiger partial charge in [-0.25, -0.2) is 0 Å². The molecular weight excluding hydrogens is 270 g/mol. The van der Waals surface area contributed by atoms with Crippen molar-refractivity contribution in [3.8, 4) is 0 Å². The van der Waals surface area contributed by atoms with Crippen LogP contribution in [0.1, 0.15) is 73.1 Å². The van der Waals surface area contributed by atoms with Crippen LogP contribution in [0, 0.1) is 0 Å². The van der Waals surface area contributed by atoms with Gasteiger partial charge in [0.2, 0.25) is 0 Å². The summed E-state index contributed by atoms with van der Waals surface area (Å²) in [6.07, 6.45) is 8.36. The van der Waals surface area contributed by atoms with Gasteiger partial charge in [-0.1, -0.05) is 61.6 Å². The Hall–Kier alpha value is 0.660. The molecule has 1 heterocycles. The average Bonchev–Trinajstić information content (AvgIpc) is 2.41. The quantitative estimate of drug-likeness (QED) is 0.409. The number of nitrogens with zero attached hydrogens (tertiary/aromatic N) is 1. The van der Waals surface area contributed by atoms with Gasteiger partial charge in [0.05, 0.1) is 0 Å². The van der Waals surface area contributed by atoms with Crippen molar-refractivity contribution in [2.24, 2.45) is 0 Å². The van der Waals surface area contributed by atoms with Crippen LogP contribution in [0.4, 0.5) is 0 Å². The van der Waals surface area contributed by atoms with Crippen molar-refractivity contribution in [3.63, 3.8) is 0 Å². The number of piperidine rings is 1. The molecule has 0 unspecified atom stereocenters. The molecule has 0 aliphatic carbocycles. The molecule has 116 valence electrons. The normalized spacial score (nSPS) is 16.9. The number of unbranched alkanes of at least 4 members (excludes halogenated alkanes) is 2. The molecule has 0 saturated carbocycles. The average molecular weight is 306 g/mol. The molecule has 0 aromatic carbocycles. The van der Waals surface area contributed by atoms with E-state index in [1.54, 1.807) is 0 Å². The second-order valence-corrected chi connectivity index (χ2v) is 8.83. The van der Waals surface area contributed by atoms with E-state index in [4.69, 9.17) is 0 Å². The number of likely N-dealkylation sites (tertiary alicyclic amines) is 1. The first-order valence-electron chi connectivity index (χ1n) is 8.17. The second-order valence-electron chi connectivity index (χ2n) is 5.71. The molecule has 0 bridgehead atoms. The maximum atomic E-state index is 2.66. The second kappa shape index (κ2) is 12.4. The van der Waals surface area contributed by atoms with E-state index in [1.807, 2.05) is 13.8 Å². The van der Waals surface area contributed by atoms with Crippen molar-refractivity contribution < 1.29 is 0 Å². The monoisotopic (exact) mass is 305 g/mol. The van der Waals surface area contributed by atoms with Gasteiger partial charge in [0.1, 0.15) is 0 Å². The molecular formula is C16H35NS2. The zero-order valence-corrected chi connectivity index (χ0v) is 15.5. The van der Waals surface area contributed by atoms with Gasteiger partial charge in [-0.2, -0.15) is 0 Å². The van der Waals surface area contributed by atoms with Gasteiger partial charge < -0.3 is 4.90 Å². The van der Waals surface area contributed by atoms with Crippen LogP contribution in [0.2, 0.25) is 0 Å². The van der Waals surface area contributed by atoms with Crippen molar-refractivity contribution in [3.05, 3.63) is 0 Å². The predicted octanol–water partition coefficient (Wildman–Crippen LogP) is 5.85. The highest BCUT2D eigenvalue weighted by molar-refractivity contribution is 8.77. The summed E-state index contributed by atoms with van der Waals surface area (Å²) in [5.74, 6) is 1.32. The zero-order chi connectivity index (χ0) is 14.6. The molecule has 0 spiro atoms. The van der Waals surface area contributed by atoms with Crippen molar-refractivity contribution in [2.75, 3.05) is 25.4 Å². The highest BCUT2D eigenvalue weighted by Gasteiger charge is 2.23. The lowest BCUT2D eigenvalue weighted by Crippen LogP contribution is -2.39. The van der Waals surface area contributed by atoms with Gasteiger partial charge in [-0.3, -0.25) is 0 Å². The van der Waals surface area contributed by atoms with Gasteiger partial charge in [0.25, 0.3) is 0 Å². The van der Waals surface area contributed by atoms with Crippen LogP contribution < -0.4 is 0 Å². The van der Waals surface area contributed by atoms with Crippen LogP contribution in [-0.2, 0) is 0 Å². The molecule has 19 heavy (non-hydrogen) atoms. The van der Waals surface area contributed by atoms with E-state index < -0.39 is 0 Å². The van der Waals surface area contributed by atoms with Crippen molar-refractivity contribution in [1.29, 1.82) is 0 Å². The smallest absolute Gasteiger partial charge is 0.0334 e. The zero-order valence-electron chi connectivity index (χ0n) is 13.8. The minimum absolute atomic E-state index is 0.411. The highest BCUT2D eigenvalue weighted by atomic mass is 33.1. The summed E-state index contributed by atoms with van der Waals surface area (Å²) in [5.41, 5.74) is 0. The maximum absolute atomic E-state index is 2.66. The molecule has 1 nitrogen and oxygen atoms in total. The third-order valence-electron chi connectivity index (χ3n) is 3.17. The van der Waals surface area contributed by atoms with Crippen LogP contribution in [0.5, 0.6) is 0 Å². The molecule has 1 saturated heterocycles. The maximum Gasteiger partial charge on any atom is 0.0334 e. The lowest BCUT2D eigenvalue weighted by Gasteiger charge is -2.34. The minimum Gasteiger partial charge on any atom is -0.302 e. The molecule has 0 radical (unpaired) electrons. The fraction of sp³-hybridized carbons (Fsp3) is 1.00. The summed E-state index contributed by atoms with van der Waals surface area (Å²) < 4.78 is 0.411. The van der Waals surface area contributed by atoms with E-state index in [-0.39, 0.29) is 0 Å². The molecule has 1 aliphatic rings. The lowest BCUT2D eigenvalue weighted by atomic mass is 10.1. The molecule has 0 aromatic heterocycles. The third-order valence-corrected chi connectivity index (χ3v) is 6.53. The van der Waals surface area contributed by atoms with Crippen LogP contribution in [0.3, 0.4) is 0 Å². The summed E-state index contributed by atoms with van der Waals surface area (Å²) in [4.78, 5) is 2.66. The number of hydrogen-bond acceptors (Lipinski definition) is 3. The van der Waals surface area contributed by atoms with Gasteiger partial charge in [0.15, 0.2) is 0 Å². The Morgan fingerprint density at radius 1 is 1.00 bits per heavy atom. The molecule has 0 amide bonds. The SMILES string of the molecule is CC.CCCCCSSC(C)(C)CN1CCCCC1. The Morgan fingerprint density at radius 3 is 2.21 bits per heavy atom. The Morgan fingerprint density at radius 2 is 1.63 bits per heavy atom. The fourth-order valence-corrected chi connectivity index (χ4v) is 4.97. The first kappa shape index (κ1) is 19.7. The van der Waals surface area contributed by atoms with E-state index in [1.165, 1.54) is 63.9 Å². The van der Waals surface area contributed by atoms with E-state index in [0.29, 0.717) is 4.75 Å². The van der Waals surface area contributed by atoms with Gasteiger partial charge in [-0.05, 0) is 46.2 Å². The van der Waals surface area contributed by atoms with Crippen LogP contribution in [-0.4, -0.2) is 35.0 Å². The molecule has 1 aliphatic heterocycles. The van der Waals surface area contributed by atoms with E-state index in [9.17, 15) is 0 Å². The summed E-state index contributed by atoms with van der Waals surface area (Å²) in [6.45, 7) is 15.0. The van der Waals surface area contributed by atoms with E-state index in [0.717, 1.165) is 0 Å². The minimum atomic E-state index is 0.411. The Kier molecular flexibility index (Phi) is 12.8. The van der Waals surface area contributed by atoms with Crippen molar-refractivity contribution in [2.45, 2.75) is 77.9 Å². The molecule has 0 aromatic rings. The highest BCUT2D eigenvalue weighted by Crippen LogP contribution is 2.37. The summed E-state index contributed by atoms with van der Waals surface area (Å²) in [5, 5.41) is 0. The standard InChI is InChI=1S/C14H29NS2.C2H6/c1-4-5-9-12-16-17-14(2,3)13-15-10-7-6-8-11-15;1-2/h4-13H2,1-3H3;1-2H3. The van der Waals surface area contributed by atoms with Crippen LogP contribution in [0.25, 0.3) is 0 Å². The predicted molar refractivity (Wildman–Crippen MR) is 95.3 cm³/mol. The lowest BCUT2D eigenvalue weighted by molar-refractivity contribution is 0.215. The summed E-state index contributed by atoms with van der Waals surface area (Å²) >= 11 is 0. The third kappa shape index (κ3) is 11.0. The molecule has 1 rings (SSSR count). The van der Waals surface area contributed by atoms with Gasteiger partial charge in [-0.15, -0.1) is 0 Å². The molecule has 1 fully saturated rings. The molecule has 3 heteroatoms.